The maximum absolute atomic E-state index is 7.01. The third kappa shape index (κ3) is 2.75. The molecule has 18 heavy (non-hydrogen) atoms. The summed E-state index contributed by atoms with van der Waals surface area (Å²) in [6.45, 7) is 4.20. The Balaban J connectivity index is 2.36. The maximum atomic E-state index is 7.01. The largest absolute Gasteiger partial charge is 0.309 e. The second kappa shape index (κ2) is 5.46. The van der Waals surface area contributed by atoms with Gasteiger partial charge in [0.2, 0.25) is 0 Å². The summed E-state index contributed by atoms with van der Waals surface area (Å²) >= 11 is 0. The maximum Gasteiger partial charge on any atom is 0.0177 e. The van der Waals surface area contributed by atoms with Crippen LogP contribution in [0.5, 0.6) is 0 Å². The van der Waals surface area contributed by atoms with Gasteiger partial charge in [-0.3, -0.25) is 0 Å². The van der Waals surface area contributed by atoms with Crippen LogP contribution >= 0.6 is 0 Å². The molecular formula is C17H17N. The van der Waals surface area contributed by atoms with Crippen LogP contribution in [0.4, 0.5) is 0 Å². The Morgan fingerprint density at radius 3 is 2.17 bits per heavy atom. The van der Waals surface area contributed by atoms with Crippen molar-refractivity contribution in [3.8, 4) is 11.1 Å². The number of allylic oxidation sites excluding steroid dienone is 1. The van der Waals surface area contributed by atoms with Crippen molar-refractivity contribution < 1.29 is 0 Å². The van der Waals surface area contributed by atoms with E-state index in [0.717, 1.165) is 5.56 Å². The molecule has 0 radical (unpaired) electrons. The van der Waals surface area contributed by atoms with Crippen LogP contribution in [0.2, 0.25) is 0 Å². The molecule has 0 bridgehead atoms. The highest BCUT2D eigenvalue weighted by atomic mass is 14.3. The van der Waals surface area contributed by atoms with Crippen LogP contribution in [-0.4, -0.2) is 6.21 Å². The summed E-state index contributed by atoms with van der Waals surface area (Å²) in [5.74, 6) is 0. The molecule has 0 aliphatic carbocycles. The van der Waals surface area contributed by atoms with E-state index in [9.17, 15) is 0 Å². The lowest BCUT2D eigenvalue weighted by Gasteiger charge is -2.06. The minimum Gasteiger partial charge on any atom is -0.309 e. The van der Waals surface area contributed by atoms with Crippen molar-refractivity contribution in [3.05, 3.63) is 65.2 Å². The van der Waals surface area contributed by atoms with E-state index >= 15 is 0 Å². The molecule has 0 saturated heterocycles. The van der Waals surface area contributed by atoms with Gasteiger partial charge >= 0.3 is 0 Å². The molecule has 0 atom stereocenters. The second-order valence-electron chi connectivity index (χ2n) is 4.46. The first-order chi connectivity index (χ1) is 8.70. The molecule has 0 spiro atoms. The van der Waals surface area contributed by atoms with Crippen LogP contribution < -0.4 is 0 Å². The van der Waals surface area contributed by atoms with Gasteiger partial charge in [0.05, 0.1) is 0 Å². The Morgan fingerprint density at radius 1 is 0.889 bits per heavy atom. The van der Waals surface area contributed by atoms with Crippen molar-refractivity contribution in [1.29, 1.82) is 5.41 Å². The Hall–Kier alpha value is -2.15. The number of hydrogen-bond acceptors (Lipinski definition) is 1. The SMILES string of the molecule is Cc1ccc(-c2ccc(/C=C\C=N)c(C)c2)cc1. The molecule has 2 aromatic rings. The summed E-state index contributed by atoms with van der Waals surface area (Å²) < 4.78 is 0. The molecule has 1 N–H and O–H groups in total. The average Bonchev–Trinajstić information content (AvgIpc) is 2.38. The quantitative estimate of drug-likeness (QED) is 0.750. The molecule has 0 aliphatic heterocycles. The van der Waals surface area contributed by atoms with E-state index in [-0.39, 0.29) is 0 Å². The second-order valence-corrected chi connectivity index (χ2v) is 4.46. The van der Waals surface area contributed by atoms with Crippen molar-refractivity contribution in [1.82, 2.24) is 0 Å². The molecule has 0 unspecified atom stereocenters. The molecule has 0 heterocycles. The van der Waals surface area contributed by atoms with Crippen LogP contribution in [0, 0.1) is 19.3 Å². The fourth-order valence-electron chi connectivity index (χ4n) is 1.94. The topological polar surface area (TPSA) is 23.9 Å². The third-order valence-corrected chi connectivity index (χ3v) is 3.03. The molecule has 0 aliphatic rings. The molecule has 2 rings (SSSR count). The van der Waals surface area contributed by atoms with E-state index in [0.29, 0.717) is 0 Å². The van der Waals surface area contributed by atoms with Gasteiger partial charge in [0, 0.05) is 6.21 Å². The smallest absolute Gasteiger partial charge is 0.0177 e. The molecule has 90 valence electrons. The molecule has 0 amide bonds. The zero-order valence-electron chi connectivity index (χ0n) is 10.8. The predicted molar refractivity (Wildman–Crippen MR) is 79.2 cm³/mol. The predicted octanol–water partition coefficient (Wildman–Crippen LogP) is 4.63. The zero-order valence-corrected chi connectivity index (χ0v) is 10.8. The summed E-state index contributed by atoms with van der Waals surface area (Å²) in [5.41, 5.74) is 6.15. The first-order valence-corrected chi connectivity index (χ1v) is 6.05. The number of rotatable bonds is 3. The lowest BCUT2D eigenvalue weighted by atomic mass is 9.99. The fraction of sp³-hybridized carbons (Fsp3) is 0.118. The lowest BCUT2D eigenvalue weighted by Crippen LogP contribution is -1.84. The monoisotopic (exact) mass is 235 g/mol. The molecule has 2 aromatic carbocycles. The first kappa shape index (κ1) is 12.3. The molecule has 0 aromatic heterocycles. The van der Waals surface area contributed by atoms with Crippen LogP contribution in [0.25, 0.3) is 17.2 Å². The molecule has 0 fully saturated rings. The van der Waals surface area contributed by atoms with Crippen molar-refractivity contribution in [2.45, 2.75) is 13.8 Å². The molecule has 0 saturated carbocycles. The van der Waals surface area contributed by atoms with Gasteiger partial charge in [-0.05, 0) is 42.2 Å². The Bertz CT molecular complexity index is 577. The van der Waals surface area contributed by atoms with Gasteiger partial charge in [0.25, 0.3) is 0 Å². The minimum atomic E-state index is 1.16. The molecule has 1 heteroatoms. The Kier molecular flexibility index (Phi) is 3.73. The molecular weight excluding hydrogens is 218 g/mol. The summed E-state index contributed by atoms with van der Waals surface area (Å²) in [7, 11) is 0. The lowest BCUT2D eigenvalue weighted by molar-refractivity contribution is 1.43. The number of aryl methyl sites for hydroxylation is 2. The zero-order chi connectivity index (χ0) is 13.0. The van der Waals surface area contributed by atoms with Gasteiger partial charge in [0.1, 0.15) is 0 Å². The van der Waals surface area contributed by atoms with Gasteiger partial charge in [0.15, 0.2) is 0 Å². The van der Waals surface area contributed by atoms with Crippen LogP contribution in [0.1, 0.15) is 16.7 Å². The number of hydrogen-bond donors (Lipinski definition) is 1. The minimum absolute atomic E-state index is 1.16. The molecule has 1 nitrogen and oxygen atoms in total. The van der Waals surface area contributed by atoms with Gasteiger partial charge < -0.3 is 5.41 Å². The fourth-order valence-corrected chi connectivity index (χ4v) is 1.94. The van der Waals surface area contributed by atoms with Crippen molar-refractivity contribution in [3.63, 3.8) is 0 Å². The van der Waals surface area contributed by atoms with E-state index in [1.54, 1.807) is 6.08 Å². The van der Waals surface area contributed by atoms with Crippen molar-refractivity contribution >= 4 is 12.3 Å². The van der Waals surface area contributed by atoms with Gasteiger partial charge in [-0.15, -0.1) is 0 Å². The summed E-state index contributed by atoms with van der Waals surface area (Å²) in [6.07, 6.45) is 5.00. The van der Waals surface area contributed by atoms with Crippen molar-refractivity contribution in [2.75, 3.05) is 0 Å². The number of nitrogens with one attached hydrogen (secondary N) is 1. The highest BCUT2D eigenvalue weighted by molar-refractivity contribution is 5.77. The Labute approximate surface area is 108 Å². The van der Waals surface area contributed by atoms with Crippen LogP contribution in [0.15, 0.2) is 48.5 Å². The number of benzene rings is 2. The Morgan fingerprint density at radius 2 is 1.56 bits per heavy atom. The average molecular weight is 235 g/mol. The first-order valence-electron chi connectivity index (χ1n) is 6.05. The van der Waals surface area contributed by atoms with Gasteiger partial charge in [-0.25, -0.2) is 0 Å². The van der Waals surface area contributed by atoms with E-state index < -0.39 is 0 Å². The van der Waals surface area contributed by atoms with Gasteiger partial charge in [-0.2, -0.15) is 0 Å². The summed E-state index contributed by atoms with van der Waals surface area (Å²) in [5, 5.41) is 7.01. The van der Waals surface area contributed by atoms with Crippen LogP contribution in [0.3, 0.4) is 0 Å². The van der Waals surface area contributed by atoms with Gasteiger partial charge in [-0.1, -0.05) is 54.1 Å². The summed E-state index contributed by atoms with van der Waals surface area (Å²) in [4.78, 5) is 0. The van der Waals surface area contributed by atoms with E-state index in [1.165, 1.54) is 28.5 Å². The summed E-state index contributed by atoms with van der Waals surface area (Å²) in [6, 6.07) is 15.0. The highest BCUT2D eigenvalue weighted by Crippen LogP contribution is 2.23. The van der Waals surface area contributed by atoms with E-state index in [4.69, 9.17) is 5.41 Å². The normalized spacial score (nSPS) is 10.8. The highest BCUT2D eigenvalue weighted by Gasteiger charge is 2.00. The van der Waals surface area contributed by atoms with E-state index in [2.05, 4.69) is 56.3 Å². The van der Waals surface area contributed by atoms with E-state index in [1.807, 2.05) is 6.08 Å². The standard InChI is InChI=1S/C17H17N/c1-13-5-7-16(8-6-13)17-10-9-15(4-3-11-18)14(2)12-17/h3-12,18H,1-2H3/b4-3-,18-11?. The van der Waals surface area contributed by atoms with Crippen molar-refractivity contribution in [2.24, 2.45) is 0 Å². The van der Waals surface area contributed by atoms with Crippen LogP contribution in [-0.2, 0) is 0 Å². The third-order valence-electron chi connectivity index (χ3n) is 3.03.